The topological polar surface area (TPSA) is 84.2 Å². The zero-order chi connectivity index (χ0) is 28.8. The Morgan fingerprint density at radius 1 is 0.927 bits per heavy atom. The Balaban J connectivity index is 1.37. The van der Waals surface area contributed by atoms with Crippen LogP contribution >= 0.6 is 12.6 Å². The van der Waals surface area contributed by atoms with E-state index in [0.29, 0.717) is 29.8 Å². The van der Waals surface area contributed by atoms with Gasteiger partial charge in [-0.1, -0.05) is 79.7 Å². The summed E-state index contributed by atoms with van der Waals surface area (Å²) in [7, 11) is 0. The molecular formula is C34H33N3O3S. The van der Waals surface area contributed by atoms with Crippen molar-refractivity contribution in [3.63, 3.8) is 0 Å². The first kappa shape index (κ1) is 28.2. The number of hydrogen-bond donors (Lipinski definition) is 3. The fourth-order valence-electron chi connectivity index (χ4n) is 5.13. The van der Waals surface area contributed by atoms with E-state index in [-0.39, 0.29) is 17.5 Å². The van der Waals surface area contributed by atoms with Crippen LogP contribution in [0.1, 0.15) is 51.0 Å². The van der Waals surface area contributed by atoms with Crippen LogP contribution in [0.2, 0.25) is 0 Å². The lowest BCUT2D eigenvalue weighted by molar-refractivity contribution is 0.0697. The van der Waals surface area contributed by atoms with Crippen molar-refractivity contribution in [2.45, 2.75) is 38.8 Å². The molecule has 0 bridgehead atoms. The number of carboxylic acids is 1. The second-order valence-electron chi connectivity index (χ2n) is 10.2. The van der Waals surface area contributed by atoms with Crippen LogP contribution in [0, 0.1) is 0 Å². The first-order chi connectivity index (χ1) is 20.0. The van der Waals surface area contributed by atoms with Gasteiger partial charge in [0.05, 0.1) is 16.6 Å². The van der Waals surface area contributed by atoms with Gasteiger partial charge in [0.1, 0.15) is 5.82 Å². The highest BCUT2D eigenvalue weighted by atomic mass is 32.1. The van der Waals surface area contributed by atoms with E-state index in [0.717, 1.165) is 46.4 Å². The summed E-state index contributed by atoms with van der Waals surface area (Å²) < 4.78 is 2.20. The molecule has 1 aromatic heterocycles. The number of aromatic nitrogens is 2. The van der Waals surface area contributed by atoms with Crippen LogP contribution in [0.3, 0.4) is 0 Å². The number of nitrogens with zero attached hydrogens (tertiary/aromatic N) is 2. The highest BCUT2D eigenvalue weighted by molar-refractivity contribution is 7.80. The summed E-state index contributed by atoms with van der Waals surface area (Å²) in [6.07, 6.45) is 2.48. The molecule has 0 saturated heterocycles. The van der Waals surface area contributed by atoms with Gasteiger partial charge in [-0.2, -0.15) is 12.6 Å². The number of carbonyl (C=O) groups excluding carboxylic acids is 1. The van der Waals surface area contributed by atoms with Gasteiger partial charge in [-0.15, -0.1) is 0 Å². The normalized spacial score (nSPS) is 11.9. The fraction of sp³-hybridized carbons (Fsp3) is 0.206. The number of thiol groups is 1. The van der Waals surface area contributed by atoms with E-state index >= 15 is 0 Å². The van der Waals surface area contributed by atoms with Crippen LogP contribution in [-0.4, -0.2) is 38.3 Å². The molecule has 4 aromatic carbocycles. The number of hydrogen-bond acceptors (Lipinski definition) is 4. The number of fused-ring (bicyclic) bond motifs is 1. The zero-order valence-corrected chi connectivity index (χ0v) is 23.9. The van der Waals surface area contributed by atoms with Gasteiger partial charge in [0.15, 0.2) is 0 Å². The third kappa shape index (κ3) is 6.52. The molecule has 0 aliphatic carbocycles. The highest BCUT2D eigenvalue weighted by Gasteiger charge is 2.17. The molecule has 0 aliphatic rings. The Hall–Kier alpha value is -4.36. The molecule has 1 heterocycles. The van der Waals surface area contributed by atoms with E-state index in [2.05, 4.69) is 41.6 Å². The van der Waals surface area contributed by atoms with Crippen molar-refractivity contribution in [2.24, 2.45) is 0 Å². The molecule has 41 heavy (non-hydrogen) atoms. The molecule has 0 saturated carbocycles. The van der Waals surface area contributed by atoms with Crippen LogP contribution in [0.15, 0.2) is 97.1 Å². The minimum atomic E-state index is -0.941. The standard InChI is InChI=1S/C34H33N3O3S/c1-2-8-32-36-30-20-26(33(38)35-27(22-41)19-23-9-4-3-5-10-23)17-18-31(30)37(32)21-24-13-15-25(16-14-24)28-11-6-7-12-29(28)34(39)40/h3-7,9-18,20,27,41H,2,8,19,21-22H2,1H3,(H,35,38)(H,39,40). The Bertz CT molecular complexity index is 1660. The van der Waals surface area contributed by atoms with Crippen LogP contribution in [-0.2, 0) is 19.4 Å². The molecule has 208 valence electrons. The summed E-state index contributed by atoms with van der Waals surface area (Å²) >= 11 is 4.46. The maximum absolute atomic E-state index is 13.2. The van der Waals surface area contributed by atoms with Gasteiger partial charge >= 0.3 is 5.97 Å². The van der Waals surface area contributed by atoms with E-state index < -0.39 is 5.97 Å². The molecule has 6 nitrogen and oxygen atoms in total. The van der Waals surface area contributed by atoms with Crippen molar-refractivity contribution >= 4 is 35.5 Å². The molecule has 5 aromatic rings. The number of nitrogens with one attached hydrogen (secondary N) is 1. The predicted octanol–water partition coefficient (Wildman–Crippen LogP) is 6.67. The van der Waals surface area contributed by atoms with Gasteiger partial charge in [-0.25, -0.2) is 9.78 Å². The molecule has 2 N–H and O–H groups in total. The molecule has 5 rings (SSSR count). The monoisotopic (exact) mass is 563 g/mol. The van der Waals surface area contributed by atoms with Gasteiger partial charge in [-0.05, 0) is 59.4 Å². The summed E-state index contributed by atoms with van der Waals surface area (Å²) in [4.78, 5) is 29.7. The van der Waals surface area contributed by atoms with Gasteiger partial charge in [0.2, 0.25) is 0 Å². The lowest BCUT2D eigenvalue weighted by Gasteiger charge is -2.17. The molecule has 1 atom stereocenters. The number of aromatic carboxylic acids is 1. The second-order valence-corrected chi connectivity index (χ2v) is 10.5. The summed E-state index contributed by atoms with van der Waals surface area (Å²) in [5.74, 6) is 0.436. The molecular weight excluding hydrogens is 530 g/mol. The molecule has 0 aliphatic heterocycles. The van der Waals surface area contributed by atoms with Gasteiger partial charge in [0.25, 0.3) is 5.91 Å². The van der Waals surface area contributed by atoms with Crippen molar-refractivity contribution in [1.29, 1.82) is 0 Å². The van der Waals surface area contributed by atoms with Crippen molar-refractivity contribution in [3.8, 4) is 11.1 Å². The fourth-order valence-corrected chi connectivity index (χ4v) is 5.35. The third-order valence-corrected chi connectivity index (χ3v) is 7.65. The lowest BCUT2D eigenvalue weighted by Crippen LogP contribution is -2.37. The molecule has 7 heteroatoms. The first-order valence-corrected chi connectivity index (χ1v) is 14.5. The highest BCUT2D eigenvalue weighted by Crippen LogP contribution is 2.26. The minimum absolute atomic E-state index is 0.0809. The number of carbonyl (C=O) groups is 2. The maximum Gasteiger partial charge on any atom is 0.336 e. The summed E-state index contributed by atoms with van der Waals surface area (Å²) in [5.41, 5.74) is 6.42. The Morgan fingerprint density at radius 3 is 2.37 bits per heavy atom. The number of aryl methyl sites for hydroxylation is 1. The number of carboxylic acid groups (broad SMARTS) is 1. The predicted molar refractivity (Wildman–Crippen MR) is 167 cm³/mol. The van der Waals surface area contributed by atoms with Crippen molar-refractivity contribution in [1.82, 2.24) is 14.9 Å². The first-order valence-electron chi connectivity index (χ1n) is 13.8. The van der Waals surface area contributed by atoms with Crippen LogP contribution in [0.5, 0.6) is 0 Å². The van der Waals surface area contributed by atoms with E-state index in [4.69, 9.17) is 4.98 Å². The van der Waals surface area contributed by atoms with Gasteiger partial charge in [0, 0.05) is 30.3 Å². The summed E-state index contributed by atoms with van der Waals surface area (Å²) in [6.45, 7) is 2.75. The molecule has 0 spiro atoms. The molecule has 1 unspecified atom stereocenters. The average molecular weight is 564 g/mol. The van der Waals surface area contributed by atoms with Gasteiger partial charge < -0.3 is 15.0 Å². The van der Waals surface area contributed by atoms with E-state index in [1.54, 1.807) is 12.1 Å². The summed E-state index contributed by atoms with van der Waals surface area (Å²) in [5, 5.41) is 12.7. The minimum Gasteiger partial charge on any atom is -0.478 e. The largest absolute Gasteiger partial charge is 0.478 e. The van der Waals surface area contributed by atoms with Crippen molar-refractivity contribution < 1.29 is 14.7 Å². The Labute approximate surface area is 245 Å². The average Bonchev–Trinajstić information content (AvgIpc) is 3.33. The molecule has 0 fully saturated rings. The lowest BCUT2D eigenvalue weighted by atomic mass is 9.99. The number of benzene rings is 4. The smallest absolute Gasteiger partial charge is 0.336 e. The number of amides is 1. The SMILES string of the molecule is CCCc1nc2cc(C(=O)NC(CS)Cc3ccccc3)ccc2n1Cc1ccc(-c2ccccc2C(=O)O)cc1. The van der Waals surface area contributed by atoms with Crippen LogP contribution in [0.4, 0.5) is 0 Å². The quantitative estimate of drug-likeness (QED) is 0.157. The van der Waals surface area contributed by atoms with Crippen molar-refractivity contribution in [3.05, 3.63) is 125 Å². The zero-order valence-electron chi connectivity index (χ0n) is 23.0. The second kappa shape index (κ2) is 12.9. The van der Waals surface area contributed by atoms with E-state index in [9.17, 15) is 14.7 Å². The third-order valence-electron chi connectivity index (χ3n) is 7.21. The Morgan fingerprint density at radius 2 is 1.66 bits per heavy atom. The molecule has 1 amide bonds. The van der Waals surface area contributed by atoms with Crippen molar-refractivity contribution in [2.75, 3.05) is 5.75 Å². The number of rotatable bonds is 11. The van der Waals surface area contributed by atoms with Crippen LogP contribution in [0.25, 0.3) is 22.2 Å². The summed E-state index contributed by atoms with van der Waals surface area (Å²) in [6, 6.07) is 30.7. The maximum atomic E-state index is 13.2. The van der Waals surface area contributed by atoms with E-state index in [1.807, 2.05) is 72.8 Å². The number of imidazole rings is 1. The Kier molecular flexibility index (Phi) is 8.85. The van der Waals surface area contributed by atoms with Gasteiger partial charge in [-0.3, -0.25) is 4.79 Å². The molecule has 0 radical (unpaired) electrons. The van der Waals surface area contributed by atoms with Crippen LogP contribution < -0.4 is 5.32 Å². The van der Waals surface area contributed by atoms with E-state index in [1.165, 1.54) is 0 Å².